The van der Waals surface area contributed by atoms with E-state index in [0.29, 0.717) is 6.04 Å². The van der Waals surface area contributed by atoms with Gasteiger partial charge < -0.3 is 4.57 Å². The first-order chi connectivity index (χ1) is 9.75. The lowest BCUT2D eigenvalue weighted by atomic mass is 9.85. The molecule has 2 atom stereocenters. The first kappa shape index (κ1) is 13.6. The van der Waals surface area contributed by atoms with Gasteiger partial charge in [-0.15, -0.1) is 11.3 Å². The first-order valence-corrected chi connectivity index (χ1v) is 8.25. The Labute approximate surface area is 124 Å². The third-order valence-electron chi connectivity index (χ3n) is 4.19. The Morgan fingerprint density at radius 3 is 2.95 bits per heavy atom. The quantitative estimate of drug-likeness (QED) is 0.812. The molecule has 3 rings (SSSR count). The molecule has 0 aromatic carbocycles. The summed E-state index contributed by atoms with van der Waals surface area (Å²) in [6.45, 7) is 4.57. The molecule has 0 saturated heterocycles. The number of hydrogen-bond donors (Lipinski definition) is 0. The van der Waals surface area contributed by atoms with E-state index in [1.807, 2.05) is 18.3 Å². The van der Waals surface area contributed by atoms with Gasteiger partial charge in [-0.3, -0.25) is 4.98 Å². The van der Waals surface area contributed by atoms with E-state index in [9.17, 15) is 0 Å². The molecular formula is C16H21N3S. The van der Waals surface area contributed by atoms with Crippen LogP contribution in [0.1, 0.15) is 44.3 Å². The molecule has 2 unspecified atom stereocenters. The molecule has 1 saturated carbocycles. The lowest BCUT2D eigenvalue weighted by Gasteiger charge is -2.30. The van der Waals surface area contributed by atoms with Gasteiger partial charge in [-0.05, 0) is 37.8 Å². The SMILES string of the molecule is Cc1csc(=Nc2cccnc2)n1C1CCCCC1C. The summed E-state index contributed by atoms with van der Waals surface area (Å²) < 4.78 is 2.45. The Balaban J connectivity index is 2.03. The summed E-state index contributed by atoms with van der Waals surface area (Å²) in [7, 11) is 0. The van der Waals surface area contributed by atoms with Crippen molar-refractivity contribution in [3.63, 3.8) is 0 Å². The van der Waals surface area contributed by atoms with Crippen LogP contribution >= 0.6 is 11.3 Å². The van der Waals surface area contributed by atoms with Crippen molar-refractivity contribution < 1.29 is 0 Å². The molecule has 0 bridgehead atoms. The van der Waals surface area contributed by atoms with Crippen LogP contribution in [0.3, 0.4) is 0 Å². The number of hydrogen-bond acceptors (Lipinski definition) is 3. The van der Waals surface area contributed by atoms with Crippen LogP contribution in [-0.4, -0.2) is 9.55 Å². The standard InChI is InChI=1S/C16H21N3S/c1-12-6-3-4-8-15(12)19-13(2)11-20-16(19)18-14-7-5-9-17-10-14/h5,7,9-12,15H,3-4,6,8H2,1-2H3. The highest BCUT2D eigenvalue weighted by molar-refractivity contribution is 7.07. The van der Waals surface area contributed by atoms with Crippen molar-refractivity contribution in [1.82, 2.24) is 9.55 Å². The molecule has 2 aromatic heterocycles. The van der Waals surface area contributed by atoms with Gasteiger partial charge in [0.2, 0.25) is 0 Å². The van der Waals surface area contributed by atoms with Crippen molar-refractivity contribution in [3.05, 3.63) is 40.4 Å². The monoisotopic (exact) mass is 287 g/mol. The summed E-state index contributed by atoms with van der Waals surface area (Å²) in [4.78, 5) is 10.0. The predicted octanol–water partition coefficient (Wildman–Crippen LogP) is 4.24. The van der Waals surface area contributed by atoms with Crippen LogP contribution in [0.5, 0.6) is 0 Å². The van der Waals surface area contributed by atoms with Crippen LogP contribution < -0.4 is 4.80 Å². The average molecular weight is 287 g/mol. The first-order valence-electron chi connectivity index (χ1n) is 7.37. The second-order valence-electron chi connectivity index (χ2n) is 5.68. The van der Waals surface area contributed by atoms with Gasteiger partial charge in [0.25, 0.3) is 0 Å². The van der Waals surface area contributed by atoms with Crippen molar-refractivity contribution in [2.75, 3.05) is 0 Å². The van der Waals surface area contributed by atoms with E-state index in [0.717, 1.165) is 16.4 Å². The number of nitrogens with zero attached hydrogens (tertiary/aromatic N) is 3. The number of rotatable bonds is 2. The Kier molecular flexibility index (Phi) is 4.01. The maximum absolute atomic E-state index is 4.79. The molecule has 1 fully saturated rings. The molecule has 3 nitrogen and oxygen atoms in total. The largest absolute Gasteiger partial charge is 0.318 e. The Morgan fingerprint density at radius 2 is 2.20 bits per heavy atom. The van der Waals surface area contributed by atoms with Crippen molar-refractivity contribution in [2.45, 2.75) is 45.6 Å². The van der Waals surface area contributed by atoms with E-state index < -0.39 is 0 Å². The topological polar surface area (TPSA) is 30.2 Å². The zero-order valence-electron chi connectivity index (χ0n) is 12.1. The lowest BCUT2D eigenvalue weighted by molar-refractivity contribution is 0.251. The third-order valence-corrected chi connectivity index (χ3v) is 5.15. The molecule has 0 spiro atoms. The molecule has 1 aliphatic carbocycles. The van der Waals surface area contributed by atoms with E-state index >= 15 is 0 Å². The van der Waals surface area contributed by atoms with E-state index in [-0.39, 0.29) is 0 Å². The molecule has 0 aliphatic heterocycles. The molecule has 1 aliphatic rings. The predicted molar refractivity (Wildman–Crippen MR) is 83.2 cm³/mol. The molecule has 0 amide bonds. The van der Waals surface area contributed by atoms with E-state index in [1.165, 1.54) is 31.4 Å². The average Bonchev–Trinajstić information content (AvgIpc) is 2.82. The van der Waals surface area contributed by atoms with Crippen molar-refractivity contribution >= 4 is 17.0 Å². The van der Waals surface area contributed by atoms with Crippen molar-refractivity contribution in [2.24, 2.45) is 10.9 Å². The molecule has 2 aromatic rings. The number of aromatic nitrogens is 2. The summed E-state index contributed by atoms with van der Waals surface area (Å²) in [6.07, 6.45) is 8.93. The van der Waals surface area contributed by atoms with Gasteiger partial charge in [-0.1, -0.05) is 19.8 Å². The summed E-state index contributed by atoms with van der Waals surface area (Å²) in [5, 5.41) is 2.22. The van der Waals surface area contributed by atoms with Crippen molar-refractivity contribution in [3.8, 4) is 0 Å². The fourth-order valence-electron chi connectivity index (χ4n) is 3.10. The minimum Gasteiger partial charge on any atom is -0.318 e. The Hall–Kier alpha value is -1.42. The maximum atomic E-state index is 4.79. The third kappa shape index (κ3) is 2.70. The Morgan fingerprint density at radius 1 is 1.35 bits per heavy atom. The lowest BCUT2D eigenvalue weighted by Crippen LogP contribution is -2.29. The molecule has 4 heteroatoms. The summed E-state index contributed by atoms with van der Waals surface area (Å²) in [5.74, 6) is 0.741. The number of pyridine rings is 1. The molecule has 0 N–H and O–H groups in total. The van der Waals surface area contributed by atoms with Crippen LogP contribution in [0.25, 0.3) is 0 Å². The van der Waals surface area contributed by atoms with E-state index in [1.54, 1.807) is 17.5 Å². The fourth-order valence-corrected chi connectivity index (χ4v) is 4.04. The maximum Gasteiger partial charge on any atom is 0.190 e. The van der Waals surface area contributed by atoms with Gasteiger partial charge in [0.05, 0.1) is 11.9 Å². The van der Waals surface area contributed by atoms with Gasteiger partial charge in [0.15, 0.2) is 4.80 Å². The minimum atomic E-state index is 0.602. The van der Waals surface area contributed by atoms with Gasteiger partial charge in [-0.25, -0.2) is 4.99 Å². The highest BCUT2D eigenvalue weighted by Gasteiger charge is 2.24. The molecule has 20 heavy (non-hydrogen) atoms. The van der Waals surface area contributed by atoms with Gasteiger partial charge >= 0.3 is 0 Å². The molecule has 2 heterocycles. The summed E-state index contributed by atoms with van der Waals surface area (Å²) in [6, 6.07) is 4.55. The van der Waals surface area contributed by atoms with Gasteiger partial charge in [-0.2, -0.15) is 0 Å². The minimum absolute atomic E-state index is 0.602. The second kappa shape index (κ2) is 5.92. The number of thiazole rings is 1. The van der Waals surface area contributed by atoms with Crippen LogP contribution in [0.15, 0.2) is 34.9 Å². The highest BCUT2D eigenvalue weighted by Crippen LogP contribution is 2.33. The van der Waals surface area contributed by atoms with Gasteiger partial charge in [0.1, 0.15) is 0 Å². The van der Waals surface area contributed by atoms with Crippen LogP contribution in [-0.2, 0) is 0 Å². The smallest absolute Gasteiger partial charge is 0.190 e. The van der Waals surface area contributed by atoms with Crippen LogP contribution in [0.2, 0.25) is 0 Å². The molecular weight excluding hydrogens is 266 g/mol. The van der Waals surface area contributed by atoms with Crippen LogP contribution in [0.4, 0.5) is 5.69 Å². The van der Waals surface area contributed by atoms with Crippen molar-refractivity contribution in [1.29, 1.82) is 0 Å². The fraction of sp³-hybridized carbons (Fsp3) is 0.500. The normalized spacial score (nSPS) is 24.0. The zero-order chi connectivity index (χ0) is 13.9. The van der Waals surface area contributed by atoms with E-state index in [4.69, 9.17) is 4.99 Å². The zero-order valence-corrected chi connectivity index (χ0v) is 12.9. The number of aryl methyl sites for hydroxylation is 1. The van der Waals surface area contributed by atoms with Gasteiger partial charge in [0, 0.05) is 23.3 Å². The molecule has 106 valence electrons. The summed E-state index contributed by atoms with van der Waals surface area (Å²) >= 11 is 1.74. The van der Waals surface area contributed by atoms with Crippen LogP contribution in [0, 0.1) is 12.8 Å². The Bertz CT molecular complexity index is 627. The summed E-state index contributed by atoms with van der Waals surface area (Å²) in [5.41, 5.74) is 2.27. The highest BCUT2D eigenvalue weighted by atomic mass is 32.1. The molecule has 0 radical (unpaired) electrons. The van der Waals surface area contributed by atoms with E-state index in [2.05, 4.69) is 28.8 Å². The second-order valence-corrected chi connectivity index (χ2v) is 6.52.